The number of halogens is 3. The minimum absolute atomic E-state index is 0. The van der Waals surface area contributed by atoms with Gasteiger partial charge in [0.15, 0.2) is 0 Å². The predicted molar refractivity (Wildman–Crippen MR) is 105 cm³/mol. The highest BCUT2D eigenvalue weighted by molar-refractivity contribution is 7.92. The van der Waals surface area contributed by atoms with Crippen molar-refractivity contribution in [3.05, 3.63) is 23.8 Å². The molecule has 3 N–H and O–H groups in total. The summed E-state index contributed by atoms with van der Waals surface area (Å²) < 4.78 is 53.4. The molecule has 0 atom stereocenters. The van der Waals surface area contributed by atoms with Crippen molar-refractivity contribution in [3.63, 3.8) is 0 Å². The molecule has 1 fully saturated rings. The van der Waals surface area contributed by atoms with Crippen LogP contribution < -0.4 is 15.4 Å². The lowest BCUT2D eigenvalue weighted by atomic mass is 9.93. The highest BCUT2D eigenvalue weighted by Gasteiger charge is 2.18. The zero-order chi connectivity index (χ0) is 19.2. The van der Waals surface area contributed by atoms with Crippen molar-refractivity contribution in [2.75, 3.05) is 28.9 Å². The SMILES string of the molecule is CCCS(=O)(=O)Nc1cc(NC(=O)CCC2CCNCC2)c(F)cc1F.Cl. The molecule has 6 nitrogen and oxygen atoms in total. The number of carbonyl (C=O) groups is 1. The number of hydrogen-bond acceptors (Lipinski definition) is 4. The van der Waals surface area contributed by atoms with E-state index < -0.39 is 21.7 Å². The predicted octanol–water partition coefficient (Wildman–Crippen LogP) is 3.26. The molecule has 27 heavy (non-hydrogen) atoms. The van der Waals surface area contributed by atoms with Crippen LogP contribution in [0.2, 0.25) is 0 Å². The molecule has 0 radical (unpaired) electrons. The molecule has 0 aliphatic carbocycles. The number of amides is 1. The van der Waals surface area contributed by atoms with Crippen LogP contribution in [0.3, 0.4) is 0 Å². The van der Waals surface area contributed by atoms with Gasteiger partial charge in [-0.3, -0.25) is 9.52 Å². The second-order valence-electron chi connectivity index (χ2n) is 6.51. The quantitative estimate of drug-likeness (QED) is 0.596. The van der Waals surface area contributed by atoms with E-state index in [-0.39, 0.29) is 41.9 Å². The van der Waals surface area contributed by atoms with Crippen LogP contribution in [0.25, 0.3) is 0 Å². The molecule has 0 bridgehead atoms. The van der Waals surface area contributed by atoms with Crippen molar-refractivity contribution in [2.24, 2.45) is 5.92 Å². The average Bonchev–Trinajstić information content (AvgIpc) is 2.58. The van der Waals surface area contributed by atoms with Crippen molar-refractivity contribution in [2.45, 2.75) is 39.0 Å². The first-order valence-corrected chi connectivity index (χ1v) is 10.5. The second kappa shape index (κ2) is 10.8. The number of nitrogens with one attached hydrogen (secondary N) is 3. The summed E-state index contributed by atoms with van der Waals surface area (Å²) in [4.78, 5) is 12.1. The Hall–Kier alpha value is -1.45. The summed E-state index contributed by atoms with van der Waals surface area (Å²) in [7, 11) is -3.72. The molecule has 1 saturated heterocycles. The third-order valence-corrected chi connectivity index (χ3v) is 5.78. The summed E-state index contributed by atoms with van der Waals surface area (Å²) in [6.07, 6.45) is 3.30. The maximum Gasteiger partial charge on any atom is 0.232 e. The van der Waals surface area contributed by atoms with Crippen LogP contribution >= 0.6 is 12.4 Å². The van der Waals surface area contributed by atoms with E-state index >= 15 is 0 Å². The first-order chi connectivity index (χ1) is 12.3. The zero-order valence-electron chi connectivity index (χ0n) is 15.2. The van der Waals surface area contributed by atoms with Crippen molar-refractivity contribution >= 4 is 39.7 Å². The van der Waals surface area contributed by atoms with Crippen LogP contribution in [-0.4, -0.2) is 33.2 Å². The molecule has 1 aliphatic rings. The molecule has 1 heterocycles. The normalized spacial score (nSPS) is 15.1. The van der Waals surface area contributed by atoms with E-state index in [1.54, 1.807) is 6.92 Å². The largest absolute Gasteiger partial charge is 0.324 e. The topological polar surface area (TPSA) is 87.3 Å². The van der Waals surface area contributed by atoms with Crippen molar-refractivity contribution in [1.29, 1.82) is 0 Å². The van der Waals surface area contributed by atoms with E-state index in [0.29, 0.717) is 24.8 Å². The van der Waals surface area contributed by atoms with E-state index in [0.717, 1.165) is 32.0 Å². The highest BCUT2D eigenvalue weighted by atomic mass is 35.5. The Balaban J connectivity index is 0.00000364. The number of piperidine rings is 1. The molecule has 0 aromatic heterocycles. The third kappa shape index (κ3) is 7.59. The second-order valence-corrected chi connectivity index (χ2v) is 8.35. The number of rotatable bonds is 8. The van der Waals surface area contributed by atoms with E-state index in [2.05, 4.69) is 15.4 Å². The fraction of sp³-hybridized carbons (Fsp3) is 0.588. The molecule has 1 aromatic rings. The summed E-state index contributed by atoms with van der Waals surface area (Å²) in [5, 5.41) is 5.65. The number of benzene rings is 1. The van der Waals surface area contributed by atoms with Gasteiger partial charge in [-0.15, -0.1) is 12.4 Å². The summed E-state index contributed by atoms with van der Waals surface area (Å²) in [5.74, 6) is -2.08. The van der Waals surface area contributed by atoms with Gasteiger partial charge in [-0.05, 0) is 50.8 Å². The van der Waals surface area contributed by atoms with Crippen LogP contribution in [0.15, 0.2) is 12.1 Å². The maximum atomic E-state index is 13.9. The summed E-state index contributed by atoms with van der Waals surface area (Å²) >= 11 is 0. The monoisotopic (exact) mass is 425 g/mol. The highest BCUT2D eigenvalue weighted by Crippen LogP contribution is 2.25. The molecule has 0 spiro atoms. The van der Waals surface area contributed by atoms with Gasteiger partial charge in [0.25, 0.3) is 0 Å². The van der Waals surface area contributed by atoms with Crippen LogP contribution in [0.1, 0.15) is 39.0 Å². The first-order valence-electron chi connectivity index (χ1n) is 8.81. The Kier molecular flexibility index (Phi) is 9.41. The van der Waals surface area contributed by atoms with Gasteiger partial charge in [0.05, 0.1) is 17.1 Å². The summed E-state index contributed by atoms with van der Waals surface area (Å²) in [6.45, 7) is 3.54. The lowest BCUT2D eigenvalue weighted by molar-refractivity contribution is -0.116. The first kappa shape index (κ1) is 23.6. The van der Waals surface area contributed by atoms with E-state index in [1.807, 2.05) is 0 Å². The minimum Gasteiger partial charge on any atom is -0.324 e. The molecule has 1 amide bonds. The van der Waals surface area contributed by atoms with Gasteiger partial charge in [-0.1, -0.05) is 6.92 Å². The minimum atomic E-state index is -3.72. The fourth-order valence-electron chi connectivity index (χ4n) is 2.93. The maximum absolute atomic E-state index is 13.9. The Morgan fingerprint density at radius 3 is 2.44 bits per heavy atom. The van der Waals surface area contributed by atoms with Crippen LogP contribution in [0.5, 0.6) is 0 Å². The van der Waals surface area contributed by atoms with Gasteiger partial charge >= 0.3 is 0 Å². The third-order valence-electron chi connectivity index (χ3n) is 4.31. The van der Waals surface area contributed by atoms with Crippen LogP contribution in [-0.2, 0) is 14.8 Å². The van der Waals surface area contributed by atoms with Crippen LogP contribution in [0, 0.1) is 17.6 Å². The Bertz CT molecular complexity index is 741. The van der Waals surface area contributed by atoms with Crippen molar-refractivity contribution < 1.29 is 22.0 Å². The summed E-state index contributed by atoms with van der Waals surface area (Å²) in [5.41, 5.74) is -0.621. The lowest BCUT2D eigenvalue weighted by Gasteiger charge is -2.22. The van der Waals surface area contributed by atoms with Gasteiger partial charge in [0, 0.05) is 12.5 Å². The van der Waals surface area contributed by atoms with Gasteiger partial charge < -0.3 is 10.6 Å². The molecule has 0 saturated carbocycles. The van der Waals surface area contributed by atoms with E-state index in [9.17, 15) is 22.0 Å². The molecule has 1 aliphatic heterocycles. The van der Waals surface area contributed by atoms with Gasteiger partial charge in [0.2, 0.25) is 15.9 Å². The number of hydrogen-bond donors (Lipinski definition) is 3. The standard InChI is InChI=1S/C17H25F2N3O3S.ClH/c1-2-9-26(24,25)22-16-11-15(13(18)10-14(16)19)21-17(23)4-3-12-5-7-20-8-6-12;/h10-12,20,22H,2-9H2,1H3,(H,21,23);1H. The molecule has 2 rings (SSSR count). The summed E-state index contributed by atoms with van der Waals surface area (Å²) in [6, 6.07) is 1.53. The van der Waals surface area contributed by atoms with E-state index in [1.165, 1.54) is 0 Å². The Labute approximate surface area is 164 Å². The lowest BCUT2D eigenvalue weighted by Crippen LogP contribution is -2.28. The number of anilines is 2. The van der Waals surface area contributed by atoms with Crippen LogP contribution in [0.4, 0.5) is 20.2 Å². The molecule has 154 valence electrons. The number of sulfonamides is 1. The Morgan fingerprint density at radius 2 is 1.81 bits per heavy atom. The molecular formula is C17H26ClF2N3O3S. The zero-order valence-corrected chi connectivity index (χ0v) is 16.8. The molecular weight excluding hydrogens is 400 g/mol. The molecule has 10 heteroatoms. The number of carbonyl (C=O) groups excluding carboxylic acids is 1. The van der Waals surface area contributed by atoms with E-state index in [4.69, 9.17) is 0 Å². The van der Waals surface area contributed by atoms with Gasteiger partial charge in [0.1, 0.15) is 11.6 Å². The Morgan fingerprint density at radius 1 is 1.19 bits per heavy atom. The molecule has 0 unspecified atom stereocenters. The van der Waals surface area contributed by atoms with Gasteiger partial charge in [-0.25, -0.2) is 17.2 Å². The fourth-order valence-corrected chi connectivity index (χ4v) is 4.06. The smallest absolute Gasteiger partial charge is 0.232 e. The molecule has 1 aromatic carbocycles. The average molecular weight is 426 g/mol. The van der Waals surface area contributed by atoms with Crippen molar-refractivity contribution in [1.82, 2.24) is 5.32 Å². The van der Waals surface area contributed by atoms with Gasteiger partial charge in [-0.2, -0.15) is 0 Å². The van der Waals surface area contributed by atoms with Crippen molar-refractivity contribution in [3.8, 4) is 0 Å².